The minimum absolute atomic E-state index is 0.0162. The van der Waals surface area contributed by atoms with Gasteiger partial charge in [0.2, 0.25) is 15.8 Å². The second-order valence-corrected chi connectivity index (χ2v) is 19.9. The summed E-state index contributed by atoms with van der Waals surface area (Å²) in [6.45, 7) is 9.76. The third kappa shape index (κ3) is 9.93. The van der Waals surface area contributed by atoms with Crippen molar-refractivity contribution in [1.29, 1.82) is 0 Å². The van der Waals surface area contributed by atoms with E-state index < -0.39 is 45.4 Å². The summed E-state index contributed by atoms with van der Waals surface area (Å²) in [5, 5.41) is 28.2. The highest BCUT2D eigenvalue weighted by molar-refractivity contribution is 7.89. The molecule has 1 aromatic heterocycles. The van der Waals surface area contributed by atoms with E-state index in [2.05, 4.69) is 23.0 Å². The van der Waals surface area contributed by atoms with Gasteiger partial charge in [-0.1, -0.05) is 48.3 Å². The number of aromatic nitrogens is 1. The van der Waals surface area contributed by atoms with Crippen LogP contribution in [0.2, 0.25) is 0 Å². The number of oxime groups is 1. The van der Waals surface area contributed by atoms with Crippen LogP contribution in [-0.2, 0) is 19.6 Å². The molecule has 2 aliphatic carbocycles. The van der Waals surface area contributed by atoms with Gasteiger partial charge in [-0.05, 0) is 106 Å². The van der Waals surface area contributed by atoms with Gasteiger partial charge in [0.05, 0.1) is 49.7 Å². The highest BCUT2D eigenvalue weighted by Gasteiger charge is 2.66. The van der Waals surface area contributed by atoms with E-state index in [9.17, 15) is 15.0 Å². The van der Waals surface area contributed by atoms with Crippen molar-refractivity contribution in [1.82, 2.24) is 9.29 Å². The van der Waals surface area contributed by atoms with Crippen LogP contribution in [0, 0.1) is 17.8 Å². The van der Waals surface area contributed by atoms with E-state index in [-0.39, 0.29) is 48.7 Å². The van der Waals surface area contributed by atoms with E-state index in [1.54, 1.807) is 60.8 Å². The molecule has 6 atom stereocenters. The Kier molecular flexibility index (Phi) is 15.1. The number of aliphatic hydroxyl groups excluding tert-OH is 2. The number of aliphatic hydroxyl groups is 2. The summed E-state index contributed by atoms with van der Waals surface area (Å²) in [4.78, 5) is 24.3. The summed E-state index contributed by atoms with van der Waals surface area (Å²) in [5.41, 5.74) is 2.10. The van der Waals surface area contributed by atoms with Crippen LogP contribution < -0.4 is 24.3 Å². The number of benzene rings is 3. The normalized spacial score (nSPS) is 23.0. The molecule has 3 aliphatic rings. The molecule has 1 aliphatic heterocycles. The van der Waals surface area contributed by atoms with Crippen LogP contribution in [0.25, 0.3) is 10.9 Å². The van der Waals surface area contributed by atoms with Crippen molar-refractivity contribution in [3.05, 3.63) is 103 Å². The maximum atomic E-state index is 15.2. The number of anilines is 1. The fourth-order valence-corrected chi connectivity index (χ4v) is 11.2. The van der Waals surface area contributed by atoms with Gasteiger partial charge in [0.25, 0.3) is 0 Å². The predicted octanol–water partition coefficient (Wildman–Crippen LogP) is 8.62. The molecule has 0 spiro atoms. The van der Waals surface area contributed by atoms with Crippen molar-refractivity contribution in [3.8, 4) is 23.0 Å². The summed E-state index contributed by atoms with van der Waals surface area (Å²) in [6.07, 6.45) is 8.74. The van der Waals surface area contributed by atoms with Gasteiger partial charge in [-0.15, -0.1) is 6.58 Å². The van der Waals surface area contributed by atoms with Crippen LogP contribution in [-0.4, -0.2) is 98.2 Å². The van der Waals surface area contributed by atoms with E-state index in [1.807, 2.05) is 39.0 Å². The molecule has 66 heavy (non-hydrogen) atoms. The molecule has 0 saturated heterocycles. The van der Waals surface area contributed by atoms with Crippen LogP contribution >= 0.6 is 0 Å². The molecule has 4 aromatic rings. The van der Waals surface area contributed by atoms with Crippen molar-refractivity contribution < 1.29 is 51.9 Å². The van der Waals surface area contributed by atoms with E-state index in [0.717, 1.165) is 24.0 Å². The minimum Gasteiger partial charge on any atom is -0.497 e. The first-order valence-electron chi connectivity index (χ1n) is 22.5. The lowest BCUT2D eigenvalue weighted by Gasteiger charge is -2.59. The highest BCUT2D eigenvalue weighted by Crippen LogP contribution is 2.62. The molecule has 3 N–H and O–H groups in total. The standard InChI is InChI=1S/C50H62N4O11S/c1-8-27-62-50-44(54(5)66(58,59)43-19-13-16-32-17-14-24-51-47(32)43)31-40(53-65-49(2,3)4)37-28-33(15-9-11-25-55)36(18-10-12-26-56)45(46(37)50)38-29-35(21-23-41(38)64-50)63-48(57)52-39-22-20-34(60-6)30-42(39)61-7/h8,13-14,16-17,19-24,28-30,33,36,44-46,55-56H,1,9-12,15,18,25-27,31H2,2-7H3,(H,52,57). The monoisotopic (exact) mass is 926 g/mol. The molecule has 1 amide bonds. The number of allylic oxidation sites excluding steroid dienone is 1. The van der Waals surface area contributed by atoms with Crippen LogP contribution in [0.3, 0.4) is 0 Å². The van der Waals surface area contributed by atoms with Gasteiger partial charge in [0.1, 0.15) is 33.5 Å². The molecule has 354 valence electrons. The summed E-state index contributed by atoms with van der Waals surface area (Å²) in [7, 11) is 0.247. The molecule has 1 saturated carbocycles. The lowest BCUT2D eigenvalue weighted by molar-refractivity contribution is -0.250. The fraction of sp³-hybridized carbons (Fsp3) is 0.460. The number of rotatable bonds is 19. The number of methoxy groups -OCH3 is 2. The minimum atomic E-state index is -4.32. The summed E-state index contributed by atoms with van der Waals surface area (Å²) >= 11 is 0. The highest BCUT2D eigenvalue weighted by atomic mass is 32.2. The number of unbranched alkanes of at least 4 members (excludes halogenated alkanes) is 2. The number of sulfonamides is 1. The number of likely N-dealkylation sites (N-methyl/N-ethyl adjacent to an activating group) is 1. The van der Waals surface area contributed by atoms with Gasteiger partial charge in [-0.2, -0.15) is 4.31 Å². The van der Waals surface area contributed by atoms with Gasteiger partial charge in [-0.3, -0.25) is 10.3 Å². The fourth-order valence-electron chi connectivity index (χ4n) is 9.71. The maximum Gasteiger partial charge on any atom is 0.417 e. The van der Waals surface area contributed by atoms with E-state index in [1.165, 1.54) is 25.6 Å². The number of carbonyl (C=O) groups is 1. The first kappa shape index (κ1) is 48.4. The summed E-state index contributed by atoms with van der Waals surface area (Å²) in [5.74, 6) is -1.33. The summed E-state index contributed by atoms with van der Waals surface area (Å²) < 4.78 is 62.7. The molecule has 7 rings (SSSR count). The molecular formula is C50H62N4O11S. The Bertz CT molecular complexity index is 2550. The first-order chi connectivity index (χ1) is 31.7. The van der Waals surface area contributed by atoms with Crippen molar-refractivity contribution in [2.75, 3.05) is 46.4 Å². The third-order valence-corrected chi connectivity index (χ3v) is 14.5. The van der Waals surface area contributed by atoms with Crippen molar-refractivity contribution in [2.24, 2.45) is 22.9 Å². The molecule has 1 fully saturated rings. The molecule has 2 heterocycles. The average Bonchev–Trinajstić information content (AvgIpc) is 3.30. The SMILES string of the molecule is C=CCOC12Oc3ccc(OC(=O)Nc4ccc(OC)cc4OC)cc3C3C(CCCCO)C(CCCCO)C=C(C(=NOC(C)(C)C)CC1N(C)S(=O)(=O)c1cccc4cccnc14)C32. The molecule has 16 heteroatoms. The summed E-state index contributed by atoms with van der Waals surface area (Å²) in [6, 6.07) is 17.8. The van der Waals surface area contributed by atoms with Crippen LogP contribution in [0.15, 0.2) is 107 Å². The Balaban J connectivity index is 1.42. The van der Waals surface area contributed by atoms with Crippen LogP contribution in [0.1, 0.15) is 77.2 Å². The number of para-hydroxylation sites is 1. The zero-order valence-electron chi connectivity index (χ0n) is 38.6. The second kappa shape index (κ2) is 20.6. The number of fused-ring (bicyclic) bond motifs is 3. The van der Waals surface area contributed by atoms with Gasteiger partial charge in [0, 0.05) is 55.8 Å². The van der Waals surface area contributed by atoms with Gasteiger partial charge in [-0.25, -0.2) is 13.2 Å². The molecule has 3 aromatic carbocycles. The van der Waals surface area contributed by atoms with Gasteiger partial charge < -0.3 is 38.7 Å². The number of hydrogen-bond donors (Lipinski definition) is 3. The third-order valence-electron chi connectivity index (χ3n) is 12.6. The Morgan fingerprint density at radius 3 is 2.45 bits per heavy atom. The van der Waals surface area contributed by atoms with Crippen molar-refractivity contribution in [3.63, 3.8) is 0 Å². The number of nitrogens with one attached hydrogen (secondary N) is 1. The number of amides is 1. The number of ether oxygens (including phenoxy) is 5. The number of nitrogens with zero attached hydrogens (tertiary/aromatic N) is 3. The molecule has 15 nitrogen and oxygen atoms in total. The Hall–Kier alpha value is -5.52. The Morgan fingerprint density at radius 1 is 1.00 bits per heavy atom. The van der Waals surface area contributed by atoms with Gasteiger partial charge in [0.15, 0.2) is 0 Å². The maximum absolute atomic E-state index is 15.2. The van der Waals surface area contributed by atoms with Crippen LogP contribution in [0.4, 0.5) is 10.5 Å². The number of hydrogen-bond acceptors (Lipinski definition) is 13. The average molecular weight is 927 g/mol. The molecule has 0 radical (unpaired) electrons. The lowest BCUT2D eigenvalue weighted by atomic mass is 9.55. The Labute approximate surface area is 387 Å². The molecule has 0 bridgehead atoms. The second-order valence-electron chi connectivity index (χ2n) is 17.9. The number of carbonyl (C=O) groups excluding carboxylic acids is 1. The van der Waals surface area contributed by atoms with Crippen molar-refractivity contribution in [2.45, 2.75) is 94.0 Å². The topological polar surface area (TPSA) is 188 Å². The van der Waals surface area contributed by atoms with Gasteiger partial charge >= 0.3 is 6.09 Å². The zero-order chi connectivity index (χ0) is 47.2. The largest absolute Gasteiger partial charge is 0.497 e. The van der Waals surface area contributed by atoms with E-state index in [0.29, 0.717) is 65.2 Å². The Morgan fingerprint density at radius 2 is 1.74 bits per heavy atom. The quantitative estimate of drug-likeness (QED) is 0.0462. The number of pyridine rings is 1. The lowest BCUT2D eigenvalue weighted by Crippen LogP contribution is -2.69. The molecular weight excluding hydrogens is 865 g/mol. The predicted molar refractivity (Wildman–Crippen MR) is 252 cm³/mol. The zero-order valence-corrected chi connectivity index (χ0v) is 39.4. The smallest absolute Gasteiger partial charge is 0.417 e. The van der Waals surface area contributed by atoms with E-state index in [4.69, 9.17) is 33.7 Å². The molecule has 6 unspecified atom stereocenters. The van der Waals surface area contributed by atoms with E-state index >= 15 is 8.42 Å². The first-order valence-corrected chi connectivity index (χ1v) is 23.9. The van der Waals surface area contributed by atoms with Crippen LogP contribution in [0.5, 0.6) is 23.0 Å². The van der Waals surface area contributed by atoms with Crippen molar-refractivity contribution >= 4 is 38.4 Å².